The van der Waals surface area contributed by atoms with E-state index >= 15 is 0 Å². The third kappa shape index (κ3) is 5.12. The van der Waals surface area contributed by atoms with Crippen molar-refractivity contribution in [3.8, 4) is 0 Å². The van der Waals surface area contributed by atoms with E-state index in [4.69, 9.17) is 12.2 Å². The van der Waals surface area contributed by atoms with Crippen molar-refractivity contribution in [3.63, 3.8) is 0 Å². The summed E-state index contributed by atoms with van der Waals surface area (Å²) in [5, 5.41) is 0. The molecule has 3 fully saturated rings. The SMILES string of the molecule is S=C(SCC1CCCC1)N(CC1CCCC1)CC1CCCC1. The molecule has 0 atom stereocenters. The van der Waals surface area contributed by atoms with Gasteiger partial charge < -0.3 is 4.90 Å². The third-order valence-electron chi connectivity index (χ3n) is 6.08. The first-order valence-electron chi connectivity index (χ1n) is 9.73. The van der Waals surface area contributed by atoms with Crippen molar-refractivity contribution < 1.29 is 0 Å². The Morgan fingerprint density at radius 2 is 1.14 bits per heavy atom. The van der Waals surface area contributed by atoms with Gasteiger partial charge in [-0.05, 0) is 56.3 Å². The van der Waals surface area contributed by atoms with Gasteiger partial charge in [0.2, 0.25) is 0 Å². The molecule has 3 aliphatic carbocycles. The van der Waals surface area contributed by atoms with Gasteiger partial charge in [0.25, 0.3) is 0 Å². The summed E-state index contributed by atoms with van der Waals surface area (Å²) in [5.74, 6) is 4.07. The van der Waals surface area contributed by atoms with Crippen LogP contribution in [0.5, 0.6) is 0 Å². The van der Waals surface area contributed by atoms with Gasteiger partial charge in [0.15, 0.2) is 0 Å². The predicted molar refractivity (Wildman–Crippen MR) is 103 cm³/mol. The van der Waals surface area contributed by atoms with Crippen LogP contribution in [0.3, 0.4) is 0 Å². The molecular weight excluding hydrogens is 306 g/mol. The number of nitrogens with zero attached hydrogens (tertiary/aromatic N) is 1. The Kier molecular flexibility index (Phi) is 6.92. The highest BCUT2D eigenvalue weighted by Crippen LogP contribution is 2.32. The van der Waals surface area contributed by atoms with E-state index in [-0.39, 0.29) is 0 Å². The number of rotatable bonds is 6. The molecule has 3 rings (SSSR count). The van der Waals surface area contributed by atoms with E-state index in [1.54, 1.807) is 0 Å². The normalized spacial score (nSPS) is 24.4. The maximum absolute atomic E-state index is 5.87. The highest BCUT2D eigenvalue weighted by molar-refractivity contribution is 8.22. The highest BCUT2D eigenvalue weighted by atomic mass is 32.2. The van der Waals surface area contributed by atoms with Gasteiger partial charge in [-0.25, -0.2) is 0 Å². The van der Waals surface area contributed by atoms with Crippen molar-refractivity contribution in [2.75, 3.05) is 18.8 Å². The average molecular weight is 340 g/mol. The minimum atomic E-state index is 0.923. The predicted octanol–water partition coefficient (Wildman–Crippen LogP) is 5.88. The molecule has 1 nitrogen and oxygen atoms in total. The summed E-state index contributed by atoms with van der Waals surface area (Å²) in [6, 6.07) is 0. The fourth-order valence-electron chi connectivity index (χ4n) is 4.69. The van der Waals surface area contributed by atoms with Gasteiger partial charge in [0.1, 0.15) is 4.32 Å². The molecule has 0 aromatic rings. The Labute approximate surface area is 147 Å². The first kappa shape index (κ1) is 17.1. The van der Waals surface area contributed by atoms with Crippen molar-refractivity contribution in [1.82, 2.24) is 4.90 Å². The number of thioether (sulfide) groups is 1. The Hall–Kier alpha value is 0.240. The van der Waals surface area contributed by atoms with Gasteiger partial charge in [0.05, 0.1) is 0 Å². The molecule has 0 radical (unpaired) electrons. The zero-order valence-electron chi connectivity index (χ0n) is 14.1. The van der Waals surface area contributed by atoms with Crippen LogP contribution in [-0.4, -0.2) is 28.1 Å². The van der Waals surface area contributed by atoms with Crippen LogP contribution in [-0.2, 0) is 0 Å². The van der Waals surface area contributed by atoms with Gasteiger partial charge in [-0.15, -0.1) is 0 Å². The molecule has 0 bridgehead atoms. The molecule has 126 valence electrons. The average Bonchev–Trinajstić information content (AvgIpc) is 3.27. The summed E-state index contributed by atoms with van der Waals surface area (Å²) < 4.78 is 1.23. The second-order valence-corrected chi connectivity index (χ2v) is 9.59. The van der Waals surface area contributed by atoms with E-state index in [0.717, 1.165) is 17.8 Å². The molecule has 0 aliphatic heterocycles. The van der Waals surface area contributed by atoms with E-state index in [2.05, 4.69) is 4.90 Å². The molecule has 0 heterocycles. The molecule has 0 aromatic heterocycles. The molecule has 0 spiro atoms. The maximum atomic E-state index is 5.87. The molecule has 0 aromatic carbocycles. The zero-order chi connectivity index (χ0) is 15.2. The zero-order valence-corrected chi connectivity index (χ0v) is 15.7. The molecule has 0 amide bonds. The third-order valence-corrected chi connectivity index (χ3v) is 7.84. The summed E-state index contributed by atoms with van der Waals surface area (Å²) in [6.45, 7) is 2.51. The second-order valence-electron chi connectivity index (χ2n) is 7.93. The maximum Gasteiger partial charge on any atom is 0.136 e. The lowest BCUT2D eigenvalue weighted by molar-refractivity contribution is 0.302. The molecule has 3 aliphatic rings. The van der Waals surface area contributed by atoms with E-state index in [1.165, 1.54) is 100 Å². The fourth-order valence-corrected chi connectivity index (χ4v) is 6.09. The Bertz CT molecular complexity index is 321. The van der Waals surface area contributed by atoms with Gasteiger partial charge in [-0.3, -0.25) is 0 Å². The summed E-state index contributed by atoms with van der Waals surface area (Å²) in [6.07, 6.45) is 17.4. The van der Waals surface area contributed by atoms with Gasteiger partial charge in [0, 0.05) is 18.8 Å². The first-order valence-corrected chi connectivity index (χ1v) is 11.1. The minimum absolute atomic E-state index is 0.923. The van der Waals surface area contributed by atoms with Crippen LogP contribution in [0.15, 0.2) is 0 Å². The summed E-state index contributed by atoms with van der Waals surface area (Å²) in [7, 11) is 0. The molecule has 0 N–H and O–H groups in total. The van der Waals surface area contributed by atoms with Crippen LogP contribution in [0, 0.1) is 17.8 Å². The van der Waals surface area contributed by atoms with Crippen molar-refractivity contribution in [2.45, 2.75) is 77.0 Å². The minimum Gasteiger partial charge on any atom is -0.357 e. The van der Waals surface area contributed by atoms with Crippen LogP contribution in [0.4, 0.5) is 0 Å². The first-order chi connectivity index (χ1) is 10.8. The van der Waals surface area contributed by atoms with E-state index in [1.807, 2.05) is 11.8 Å². The lowest BCUT2D eigenvalue weighted by Crippen LogP contribution is -2.36. The monoisotopic (exact) mass is 339 g/mol. The van der Waals surface area contributed by atoms with Crippen LogP contribution in [0.1, 0.15) is 77.0 Å². The van der Waals surface area contributed by atoms with Crippen LogP contribution in [0.25, 0.3) is 0 Å². The highest BCUT2D eigenvalue weighted by Gasteiger charge is 2.25. The van der Waals surface area contributed by atoms with Gasteiger partial charge >= 0.3 is 0 Å². The Morgan fingerprint density at radius 3 is 1.59 bits per heavy atom. The smallest absolute Gasteiger partial charge is 0.136 e. The van der Waals surface area contributed by atoms with Gasteiger partial charge in [-0.1, -0.05) is 62.5 Å². The topological polar surface area (TPSA) is 3.24 Å². The molecule has 22 heavy (non-hydrogen) atoms. The summed E-state index contributed by atoms with van der Waals surface area (Å²) in [5.41, 5.74) is 0. The second kappa shape index (κ2) is 8.92. The molecule has 3 heteroatoms. The fraction of sp³-hybridized carbons (Fsp3) is 0.947. The van der Waals surface area contributed by atoms with Crippen molar-refractivity contribution >= 4 is 28.3 Å². The van der Waals surface area contributed by atoms with Crippen molar-refractivity contribution in [1.29, 1.82) is 0 Å². The van der Waals surface area contributed by atoms with Crippen molar-refractivity contribution in [2.24, 2.45) is 17.8 Å². The summed E-state index contributed by atoms with van der Waals surface area (Å²) in [4.78, 5) is 2.63. The molecule has 3 saturated carbocycles. The van der Waals surface area contributed by atoms with Crippen LogP contribution in [0.2, 0.25) is 0 Å². The van der Waals surface area contributed by atoms with Crippen LogP contribution >= 0.6 is 24.0 Å². The van der Waals surface area contributed by atoms with E-state index in [9.17, 15) is 0 Å². The van der Waals surface area contributed by atoms with Crippen molar-refractivity contribution in [3.05, 3.63) is 0 Å². The van der Waals surface area contributed by atoms with E-state index < -0.39 is 0 Å². The quantitative estimate of drug-likeness (QED) is 0.557. The Balaban J connectivity index is 1.49. The summed E-state index contributed by atoms with van der Waals surface area (Å²) >= 11 is 7.87. The Morgan fingerprint density at radius 1 is 0.727 bits per heavy atom. The number of hydrogen-bond donors (Lipinski definition) is 0. The largest absolute Gasteiger partial charge is 0.357 e. The number of thiocarbonyl (C=S) groups is 1. The molecule has 0 unspecified atom stereocenters. The van der Waals surface area contributed by atoms with Gasteiger partial charge in [-0.2, -0.15) is 0 Å². The number of hydrogen-bond acceptors (Lipinski definition) is 2. The standard InChI is InChI=1S/C19H33NS2/c21-19(22-15-18-11-5-6-12-18)20(13-16-7-1-2-8-16)14-17-9-3-4-10-17/h16-18H,1-15H2. The molecular formula is C19H33NS2. The van der Waals surface area contributed by atoms with E-state index in [0.29, 0.717) is 0 Å². The molecule has 0 saturated heterocycles. The lowest BCUT2D eigenvalue weighted by atomic mass is 10.1. The van der Waals surface area contributed by atoms with Crippen LogP contribution < -0.4 is 0 Å². The lowest BCUT2D eigenvalue weighted by Gasteiger charge is -2.30.